The molecule has 0 bridgehead atoms. The first-order chi connectivity index (χ1) is 9.43. The van der Waals surface area contributed by atoms with Gasteiger partial charge in [-0.3, -0.25) is 4.79 Å². The maximum atomic E-state index is 11.1. The Balaban J connectivity index is 2.35. The van der Waals surface area contributed by atoms with Crippen molar-refractivity contribution in [2.24, 2.45) is 0 Å². The molecule has 3 nitrogen and oxygen atoms in total. The zero-order chi connectivity index (χ0) is 15.0. The fraction of sp³-hybridized carbons (Fsp3) is 0.471. The van der Waals surface area contributed by atoms with Gasteiger partial charge in [-0.1, -0.05) is 36.9 Å². The third-order valence-electron chi connectivity index (χ3n) is 3.33. The maximum absolute atomic E-state index is 11.1. The normalized spacial score (nSPS) is 12.9. The Morgan fingerprint density at radius 1 is 1.35 bits per heavy atom. The van der Waals surface area contributed by atoms with Crippen LogP contribution in [0.4, 0.5) is 0 Å². The van der Waals surface area contributed by atoms with E-state index in [0.29, 0.717) is 0 Å². The third kappa shape index (κ3) is 6.64. The lowest BCUT2D eigenvalue weighted by Gasteiger charge is -2.31. The van der Waals surface area contributed by atoms with E-state index in [1.165, 1.54) is 11.6 Å². The average molecular weight is 276 g/mol. The summed E-state index contributed by atoms with van der Waals surface area (Å²) in [4.78, 5) is 11.1. The summed E-state index contributed by atoms with van der Waals surface area (Å²) in [5, 5.41) is 0. The molecule has 1 rings (SSSR count). The molecule has 3 heteroatoms. The largest absolute Gasteiger partial charge is 0.370 e. The zero-order valence-electron chi connectivity index (χ0n) is 12.8. The van der Waals surface area contributed by atoms with Gasteiger partial charge in [0.25, 0.3) is 0 Å². The molecule has 0 saturated carbocycles. The summed E-state index contributed by atoms with van der Waals surface area (Å²) >= 11 is 0. The van der Waals surface area contributed by atoms with Crippen LogP contribution in [0.25, 0.3) is 0 Å². The Labute approximate surface area is 122 Å². The van der Waals surface area contributed by atoms with E-state index in [9.17, 15) is 4.79 Å². The molecule has 1 unspecified atom stereocenters. The summed E-state index contributed by atoms with van der Waals surface area (Å²) in [6, 6.07) is 10.5. The predicted octanol–water partition coefficient (Wildman–Crippen LogP) is 2.81. The molecule has 0 radical (unpaired) electrons. The highest BCUT2D eigenvalue weighted by atomic mass is 16.5. The molecule has 0 aromatic heterocycles. The van der Waals surface area contributed by atoms with Gasteiger partial charge in [0.2, 0.25) is 0 Å². The quantitative estimate of drug-likeness (QED) is 0.512. The number of ketones is 1. The van der Waals surface area contributed by atoms with Gasteiger partial charge in [-0.25, -0.2) is 0 Å². The monoisotopic (exact) mass is 276 g/mol. The van der Waals surface area contributed by atoms with Crippen molar-refractivity contribution in [2.45, 2.75) is 26.0 Å². The number of carbonyl (C=O) groups excluding carboxylic acids is 1. The first-order valence-electron chi connectivity index (χ1n) is 7.06. The number of carbonyl (C=O) groups is 1. The van der Waals surface area contributed by atoms with Crippen LogP contribution >= 0.6 is 0 Å². The molecular weight excluding hydrogens is 250 g/mol. The van der Waals surface area contributed by atoms with E-state index in [1.807, 2.05) is 13.0 Å². The SMILES string of the molecule is C=CC(=O)COC(C)CC[N+](C)(C)Cc1ccccc1. The van der Waals surface area contributed by atoms with Crippen molar-refractivity contribution in [2.75, 3.05) is 27.2 Å². The van der Waals surface area contributed by atoms with Crippen LogP contribution in [-0.4, -0.2) is 43.6 Å². The summed E-state index contributed by atoms with van der Waals surface area (Å²) in [5.74, 6) is -0.0603. The second-order valence-corrected chi connectivity index (χ2v) is 5.88. The molecule has 1 aromatic carbocycles. The van der Waals surface area contributed by atoms with Gasteiger partial charge in [-0.2, -0.15) is 0 Å². The van der Waals surface area contributed by atoms with Gasteiger partial charge in [0.1, 0.15) is 13.2 Å². The van der Waals surface area contributed by atoms with E-state index >= 15 is 0 Å². The minimum Gasteiger partial charge on any atom is -0.370 e. The summed E-state index contributed by atoms with van der Waals surface area (Å²) in [6.45, 7) is 7.60. The van der Waals surface area contributed by atoms with Crippen molar-refractivity contribution in [1.82, 2.24) is 0 Å². The topological polar surface area (TPSA) is 26.3 Å². The van der Waals surface area contributed by atoms with Crippen LogP contribution in [0.2, 0.25) is 0 Å². The Hall–Kier alpha value is -1.45. The fourth-order valence-electron chi connectivity index (χ4n) is 2.05. The van der Waals surface area contributed by atoms with Crippen molar-refractivity contribution >= 4 is 5.78 Å². The number of hydrogen-bond acceptors (Lipinski definition) is 2. The minimum absolute atomic E-state index is 0.0603. The fourth-order valence-corrected chi connectivity index (χ4v) is 2.05. The van der Waals surface area contributed by atoms with Gasteiger partial charge >= 0.3 is 0 Å². The van der Waals surface area contributed by atoms with Crippen molar-refractivity contribution in [3.8, 4) is 0 Å². The van der Waals surface area contributed by atoms with E-state index in [2.05, 4.69) is 44.9 Å². The highest BCUT2D eigenvalue weighted by Crippen LogP contribution is 2.11. The number of rotatable bonds is 9. The molecule has 0 heterocycles. The molecule has 0 aliphatic rings. The molecule has 0 aliphatic heterocycles. The Morgan fingerprint density at radius 2 is 2.00 bits per heavy atom. The second-order valence-electron chi connectivity index (χ2n) is 5.88. The van der Waals surface area contributed by atoms with Gasteiger partial charge in [0.15, 0.2) is 5.78 Å². The standard InChI is InChI=1S/C17H26NO2/c1-5-17(19)14-20-15(2)11-12-18(3,4)13-16-9-7-6-8-10-16/h5-10,15H,1,11-14H2,2-4H3/q+1. The van der Waals surface area contributed by atoms with Crippen LogP contribution in [0.1, 0.15) is 18.9 Å². The molecule has 0 aliphatic carbocycles. The van der Waals surface area contributed by atoms with E-state index in [4.69, 9.17) is 4.74 Å². The summed E-state index contributed by atoms with van der Waals surface area (Å²) in [7, 11) is 4.43. The first kappa shape index (κ1) is 16.6. The molecule has 0 spiro atoms. The smallest absolute Gasteiger partial charge is 0.180 e. The Morgan fingerprint density at radius 3 is 2.60 bits per heavy atom. The maximum Gasteiger partial charge on any atom is 0.180 e. The molecule has 1 atom stereocenters. The summed E-state index contributed by atoms with van der Waals surface area (Å²) < 4.78 is 6.42. The van der Waals surface area contributed by atoms with E-state index in [0.717, 1.165) is 24.0 Å². The lowest BCUT2D eigenvalue weighted by atomic mass is 10.2. The molecule has 110 valence electrons. The van der Waals surface area contributed by atoms with Crippen LogP contribution in [0.3, 0.4) is 0 Å². The van der Waals surface area contributed by atoms with Gasteiger partial charge < -0.3 is 9.22 Å². The van der Waals surface area contributed by atoms with Crippen molar-refractivity contribution < 1.29 is 14.0 Å². The number of quaternary nitrogens is 1. The summed E-state index contributed by atoms with van der Waals surface area (Å²) in [6.07, 6.45) is 2.33. The van der Waals surface area contributed by atoms with E-state index in [-0.39, 0.29) is 18.5 Å². The number of nitrogens with zero attached hydrogens (tertiary/aromatic N) is 1. The molecule has 20 heavy (non-hydrogen) atoms. The molecule has 0 fully saturated rings. The van der Waals surface area contributed by atoms with Gasteiger partial charge in [-0.05, 0) is 13.0 Å². The summed E-state index contributed by atoms with van der Waals surface area (Å²) in [5.41, 5.74) is 1.34. The molecular formula is C17H26NO2+. The van der Waals surface area contributed by atoms with Crippen molar-refractivity contribution in [3.63, 3.8) is 0 Å². The van der Waals surface area contributed by atoms with Crippen LogP contribution in [0.5, 0.6) is 0 Å². The zero-order valence-corrected chi connectivity index (χ0v) is 12.8. The highest BCUT2D eigenvalue weighted by molar-refractivity contribution is 5.90. The van der Waals surface area contributed by atoms with E-state index in [1.54, 1.807) is 0 Å². The van der Waals surface area contributed by atoms with Gasteiger partial charge in [0.05, 0.1) is 26.7 Å². The van der Waals surface area contributed by atoms with Crippen molar-refractivity contribution in [1.29, 1.82) is 0 Å². The van der Waals surface area contributed by atoms with E-state index < -0.39 is 0 Å². The molecule has 0 amide bonds. The average Bonchev–Trinajstić information content (AvgIpc) is 2.43. The van der Waals surface area contributed by atoms with Gasteiger partial charge in [0, 0.05) is 12.0 Å². The Kier molecular flexibility index (Phi) is 6.62. The number of hydrogen-bond donors (Lipinski definition) is 0. The lowest BCUT2D eigenvalue weighted by Crippen LogP contribution is -2.40. The second kappa shape index (κ2) is 7.98. The molecule has 0 N–H and O–H groups in total. The molecule has 1 aromatic rings. The minimum atomic E-state index is -0.0603. The predicted molar refractivity (Wildman–Crippen MR) is 82.4 cm³/mol. The highest BCUT2D eigenvalue weighted by Gasteiger charge is 2.17. The van der Waals surface area contributed by atoms with Crippen LogP contribution < -0.4 is 0 Å². The van der Waals surface area contributed by atoms with Crippen LogP contribution in [0.15, 0.2) is 43.0 Å². The molecule has 0 saturated heterocycles. The van der Waals surface area contributed by atoms with Gasteiger partial charge in [-0.15, -0.1) is 0 Å². The first-order valence-corrected chi connectivity index (χ1v) is 7.06. The van der Waals surface area contributed by atoms with Crippen LogP contribution in [-0.2, 0) is 16.1 Å². The lowest BCUT2D eigenvalue weighted by molar-refractivity contribution is -0.904. The number of ether oxygens (including phenoxy) is 1. The number of benzene rings is 1. The van der Waals surface area contributed by atoms with Crippen molar-refractivity contribution in [3.05, 3.63) is 48.6 Å². The Bertz CT molecular complexity index is 426. The van der Waals surface area contributed by atoms with Crippen LogP contribution in [0, 0.1) is 0 Å². The third-order valence-corrected chi connectivity index (χ3v) is 3.33.